The second-order valence-corrected chi connectivity index (χ2v) is 46.6. The van der Waals surface area contributed by atoms with Gasteiger partial charge in [-0.05, 0) is 0 Å². The Bertz CT molecular complexity index is 1920. The van der Waals surface area contributed by atoms with Gasteiger partial charge in [-0.25, -0.2) is 0 Å². The predicted octanol–water partition coefficient (Wildman–Crippen LogP) is 13.0. The Morgan fingerprint density at radius 3 is 1.57 bits per heavy atom. The van der Waals surface area contributed by atoms with Gasteiger partial charge in [-0.1, -0.05) is 0 Å². The molecule has 4 aromatic rings. The Balaban J connectivity index is 0.00000250. The van der Waals surface area contributed by atoms with Crippen LogP contribution in [0.1, 0.15) is 106 Å². The summed E-state index contributed by atoms with van der Waals surface area (Å²) in [5, 5.41) is 0. The number of allylic oxidation sites excluding steroid dienone is 2. The van der Waals surface area contributed by atoms with Crippen LogP contribution in [0.25, 0.3) is 34.4 Å². The van der Waals surface area contributed by atoms with Crippen LogP contribution in [-0.4, -0.2) is 6.88 Å². The van der Waals surface area contributed by atoms with Crippen molar-refractivity contribution in [3.05, 3.63) is 129 Å². The molecule has 0 spiro atoms. The van der Waals surface area contributed by atoms with Gasteiger partial charge in [0.2, 0.25) is 0 Å². The third-order valence-electron chi connectivity index (χ3n) is 11.1. The first-order chi connectivity index (χ1) is 21.2. The van der Waals surface area contributed by atoms with E-state index >= 15 is 0 Å². The molecule has 4 heteroatoms. The van der Waals surface area contributed by atoms with E-state index in [-0.39, 0.29) is 24.8 Å². The summed E-state index contributed by atoms with van der Waals surface area (Å²) in [6, 6.07) is 30.6. The maximum atomic E-state index is 2.78. The molecular weight excluding hydrogens is 707 g/mol. The minimum absolute atomic E-state index is 0. The summed E-state index contributed by atoms with van der Waals surface area (Å²) in [4.78, 5) is 0. The van der Waals surface area contributed by atoms with Gasteiger partial charge in [0, 0.05) is 0 Å². The Labute approximate surface area is 299 Å². The molecule has 0 saturated heterocycles. The van der Waals surface area contributed by atoms with E-state index in [0.717, 1.165) is 0 Å². The van der Waals surface area contributed by atoms with Crippen molar-refractivity contribution in [3.63, 3.8) is 0 Å². The average Bonchev–Trinajstić information content (AvgIpc) is 3.58. The van der Waals surface area contributed by atoms with E-state index in [0.29, 0.717) is 25.0 Å². The fourth-order valence-electron chi connectivity index (χ4n) is 8.79. The standard InChI is InChI=1S/C21H23.C20H21.2CH3.2ClH.H2Si.Zr/c1-14(2)16-8-10-17(11-9-16)20-7-5-6-18-12-19(15(3)4)13-21(18)20;1-13(2)16-6-8-17(9-7-16)18-10-5-15(4)19-11-14(3)12-20(18)19;;;;;;/h5-15H,1-4H3;5-13H,1-4H3;2*1H3;2*1H;1H2;. The molecule has 0 fully saturated rings. The van der Waals surface area contributed by atoms with E-state index in [4.69, 9.17) is 0 Å². The molecule has 0 heterocycles. The van der Waals surface area contributed by atoms with Crippen LogP contribution < -0.4 is 0 Å². The summed E-state index contributed by atoms with van der Waals surface area (Å²) >= 11 is -3.69. The smallest absolute Gasteiger partial charge is 0.147 e. The quantitative estimate of drug-likeness (QED) is 0.165. The van der Waals surface area contributed by atoms with Crippen molar-refractivity contribution < 1.29 is 17.4 Å². The molecule has 0 bridgehead atoms. The fraction of sp³-hybridized carbons (Fsp3) is 0.349. The fourth-order valence-corrected chi connectivity index (χ4v) is 29.4. The van der Waals surface area contributed by atoms with Crippen molar-refractivity contribution in [2.45, 2.75) is 83.7 Å². The van der Waals surface area contributed by atoms with Crippen LogP contribution in [0.15, 0.2) is 90.0 Å². The molecule has 0 N–H and O–H groups in total. The molecule has 0 saturated carbocycles. The SMILES string of the molecule is CC1=Cc2c(-c3ccc(C(C)C)cc3)ccc(C)c2[CH]1[Zr]([CH3])([CH3])(=[SiH2])[CH]1C(C(C)C)=Cc2c(-c3ccc(C(C)C)cc3)cccc21.Cl.Cl. The molecule has 2 aliphatic rings. The Morgan fingerprint density at radius 2 is 1.09 bits per heavy atom. The summed E-state index contributed by atoms with van der Waals surface area (Å²) in [5.74, 6) is 1.60. The van der Waals surface area contributed by atoms with Gasteiger partial charge in [-0.15, -0.1) is 24.8 Å². The van der Waals surface area contributed by atoms with Crippen LogP contribution >= 0.6 is 24.8 Å². The Kier molecular flexibility index (Phi) is 11.1. The third-order valence-corrected chi connectivity index (χ3v) is 28.6. The zero-order valence-electron chi connectivity index (χ0n) is 30.1. The molecular formula is C43H54Cl2SiZr. The van der Waals surface area contributed by atoms with E-state index in [2.05, 4.69) is 163 Å². The maximum absolute atomic E-state index is 3.69. The summed E-state index contributed by atoms with van der Waals surface area (Å²) in [6.45, 7) is 21.2. The molecule has 6 rings (SSSR count). The zero-order chi connectivity index (χ0) is 32.4. The molecule has 47 heavy (non-hydrogen) atoms. The van der Waals surface area contributed by atoms with Gasteiger partial charge in [-0.3, -0.25) is 0 Å². The van der Waals surface area contributed by atoms with E-state index in [1.54, 1.807) is 22.3 Å². The summed E-state index contributed by atoms with van der Waals surface area (Å²) in [6.07, 6.45) is 5.17. The van der Waals surface area contributed by atoms with Gasteiger partial charge in [0.1, 0.15) is 0 Å². The Morgan fingerprint density at radius 1 is 0.574 bits per heavy atom. The Hall–Kier alpha value is -1.96. The van der Waals surface area contributed by atoms with Crippen LogP contribution in [0.4, 0.5) is 0 Å². The van der Waals surface area contributed by atoms with Crippen molar-refractivity contribution >= 4 is 43.8 Å². The molecule has 0 nitrogen and oxygen atoms in total. The van der Waals surface area contributed by atoms with Crippen LogP contribution in [0, 0.1) is 12.8 Å². The summed E-state index contributed by atoms with van der Waals surface area (Å²) in [5.41, 5.74) is 19.1. The number of hydrogen-bond acceptors (Lipinski definition) is 0. The molecule has 0 radical (unpaired) electrons. The normalized spacial score (nSPS) is 17.2. The van der Waals surface area contributed by atoms with Gasteiger partial charge in [0.15, 0.2) is 0 Å². The first-order valence-corrected chi connectivity index (χ1v) is 30.8. The van der Waals surface area contributed by atoms with Crippen LogP contribution in [0.2, 0.25) is 9.26 Å². The van der Waals surface area contributed by atoms with Crippen LogP contribution in [0.3, 0.4) is 0 Å². The largest absolute Gasteiger partial charge is 0.147 e. The second-order valence-electron chi connectivity index (χ2n) is 16.1. The minimum Gasteiger partial charge on any atom is -0.147 e. The van der Waals surface area contributed by atoms with E-state index in [1.165, 1.54) is 50.1 Å². The van der Waals surface area contributed by atoms with Gasteiger partial charge >= 0.3 is 277 Å². The van der Waals surface area contributed by atoms with Crippen molar-refractivity contribution in [2.75, 3.05) is 0 Å². The third kappa shape index (κ3) is 6.55. The second kappa shape index (κ2) is 13.7. The molecule has 0 amide bonds. The van der Waals surface area contributed by atoms with Gasteiger partial charge in [-0.2, -0.15) is 0 Å². The average molecular weight is 761 g/mol. The number of halogens is 2. The topological polar surface area (TPSA) is 0 Å². The number of rotatable bonds is 7. The van der Waals surface area contributed by atoms with Gasteiger partial charge < -0.3 is 0 Å². The molecule has 0 aliphatic heterocycles. The molecule has 2 unspecified atom stereocenters. The monoisotopic (exact) mass is 758 g/mol. The maximum Gasteiger partial charge on any atom is -0.147 e. The minimum atomic E-state index is -3.69. The molecule has 0 aromatic heterocycles. The molecule has 4 aromatic carbocycles. The molecule has 248 valence electrons. The van der Waals surface area contributed by atoms with Crippen LogP contribution in [-0.2, 0) is 17.4 Å². The van der Waals surface area contributed by atoms with Crippen molar-refractivity contribution in [2.24, 2.45) is 5.92 Å². The van der Waals surface area contributed by atoms with Gasteiger partial charge in [0.25, 0.3) is 0 Å². The zero-order valence-corrected chi connectivity index (χ0v) is 35.6. The van der Waals surface area contributed by atoms with Crippen LogP contribution in [0.5, 0.6) is 0 Å². The van der Waals surface area contributed by atoms with E-state index in [9.17, 15) is 0 Å². The van der Waals surface area contributed by atoms with E-state index < -0.39 is 17.4 Å². The molecule has 2 atom stereocenters. The number of hydrogen-bond donors (Lipinski definition) is 0. The number of aryl methyl sites for hydroxylation is 1. The summed E-state index contributed by atoms with van der Waals surface area (Å²) < 4.78 is 6.59. The van der Waals surface area contributed by atoms with E-state index in [1.807, 2.05) is 0 Å². The predicted molar refractivity (Wildman–Crippen MR) is 213 cm³/mol. The van der Waals surface area contributed by atoms with Crippen molar-refractivity contribution in [3.8, 4) is 22.3 Å². The first kappa shape index (κ1) is 37.9. The van der Waals surface area contributed by atoms with Gasteiger partial charge in [0.05, 0.1) is 0 Å². The number of fused-ring (bicyclic) bond motifs is 2. The van der Waals surface area contributed by atoms with Crippen molar-refractivity contribution in [1.29, 1.82) is 0 Å². The first-order valence-electron chi connectivity index (χ1n) is 17.1. The number of benzene rings is 4. The van der Waals surface area contributed by atoms with Crippen molar-refractivity contribution in [1.82, 2.24) is 0 Å². The molecule has 2 aliphatic carbocycles. The summed E-state index contributed by atoms with van der Waals surface area (Å²) in [7, 11) is 0.